The van der Waals surface area contributed by atoms with Crippen molar-refractivity contribution in [2.75, 3.05) is 0 Å². The maximum absolute atomic E-state index is 5.98. The van der Waals surface area contributed by atoms with Crippen LogP contribution in [0.3, 0.4) is 0 Å². The summed E-state index contributed by atoms with van der Waals surface area (Å²) in [6, 6.07) is 7.90. The summed E-state index contributed by atoms with van der Waals surface area (Å²) in [4.78, 5) is 7.99. The van der Waals surface area contributed by atoms with E-state index in [-0.39, 0.29) is 11.3 Å². The molecule has 0 aliphatic carbocycles. The van der Waals surface area contributed by atoms with Crippen LogP contribution in [0.1, 0.15) is 31.9 Å². The molecule has 2 rings (SSSR count). The van der Waals surface area contributed by atoms with E-state index in [9.17, 15) is 0 Å². The van der Waals surface area contributed by atoms with E-state index in [4.69, 9.17) is 27.9 Å². The Bertz CT molecular complexity index is 609. The second-order valence-corrected chi connectivity index (χ2v) is 6.09. The molecule has 1 heterocycles. The smallest absolute Gasteiger partial charge is 0.228 e. The van der Waals surface area contributed by atoms with Crippen LogP contribution in [0, 0.1) is 0 Å². The van der Waals surface area contributed by atoms with Crippen molar-refractivity contribution in [1.29, 1.82) is 0 Å². The summed E-state index contributed by atoms with van der Waals surface area (Å²) >= 11 is 11.8. The topological polar surface area (TPSA) is 35.0 Å². The summed E-state index contributed by atoms with van der Waals surface area (Å²) in [5.74, 6) is 1.30. The molecule has 20 heavy (non-hydrogen) atoms. The third-order valence-electron chi connectivity index (χ3n) is 2.90. The first-order valence-corrected chi connectivity index (χ1v) is 7.17. The maximum Gasteiger partial charge on any atom is 0.228 e. The largest absolute Gasteiger partial charge is 0.439 e. The van der Waals surface area contributed by atoms with Crippen molar-refractivity contribution in [2.24, 2.45) is 0 Å². The molecule has 0 aliphatic rings. The second-order valence-electron chi connectivity index (χ2n) is 5.46. The minimum absolute atomic E-state index is 0.0536. The van der Waals surface area contributed by atoms with E-state index < -0.39 is 0 Å². The van der Waals surface area contributed by atoms with Crippen molar-refractivity contribution >= 4 is 23.2 Å². The molecule has 0 fully saturated rings. The van der Waals surface area contributed by atoms with E-state index in [1.165, 1.54) is 11.9 Å². The second kappa shape index (κ2) is 5.98. The average molecular weight is 311 g/mol. The Labute approximate surface area is 128 Å². The van der Waals surface area contributed by atoms with Crippen molar-refractivity contribution < 1.29 is 4.74 Å². The zero-order valence-corrected chi connectivity index (χ0v) is 13.2. The first-order valence-electron chi connectivity index (χ1n) is 6.25. The summed E-state index contributed by atoms with van der Waals surface area (Å²) in [6.45, 7) is 6.45. The molecule has 5 heteroatoms. The molecule has 0 amide bonds. The Morgan fingerprint density at radius 3 is 2.60 bits per heavy atom. The average Bonchev–Trinajstić information content (AvgIpc) is 2.38. The summed E-state index contributed by atoms with van der Waals surface area (Å²) in [6.07, 6.45) is 1.36. The fourth-order valence-electron chi connectivity index (χ4n) is 1.71. The predicted molar refractivity (Wildman–Crippen MR) is 81.8 cm³/mol. The van der Waals surface area contributed by atoms with Gasteiger partial charge in [0.2, 0.25) is 5.88 Å². The fourth-order valence-corrected chi connectivity index (χ4v) is 2.21. The Hall–Kier alpha value is -1.32. The number of ether oxygens (including phenoxy) is 1. The molecule has 0 unspecified atom stereocenters. The lowest BCUT2D eigenvalue weighted by atomic mass is 9.87. The Morgan fingerprint density at radius 1 is 1.20 bits per heavy atom. The molecule has 3 nitrogen and oxygen atoms in total. The van der Waals surface area contributed by atoms with Crippen LogP contribution in [0.15, 0.2) is 30.6 Å². The van der Waals surface area contributed by atoms with Crippen LogP contribution in [-0.2, 0) is 11.3 Å². The standard InChI is InChI=1S/C15H16Cl2N2O/c1-15(2,3)10-5-4-6-11(7-10)20-14-12(8-16)13(17)18-9-19-14/h4-7,9H,8H2,1-3H3. The Morgan fingerprint density at radius 2 is 1.95 bits per heavy atom. The van der Waals surface area contributed by atoms with Crippen LogP contribution in [-0.4, -0.2) is 9.97 Å². The first kappa shape index (κ1) is 15.1. The van der Waals surface area contributed by atoms with Crippen LogP contribution < -0.4 is 4.74 Å². The van der Waals surface area contributed by atoms with Gasteiger partial charge in [0.15, 0.2) is 0 Å². The van der Waals surface area contributed by atoms with Crippen LogP contribution in [0.25, 0.3) is 0 Å². The molecule has 0 aliphatic heterocycles. The summed E-state index contributed by atoms with van der Waals surface area (Å²) < 4.78 is 5.80. The number of nitrogens with zero attached hydrogens (tertiary/aromatic N) is 2. The van der Waals surface area contributed by atoms with Gasteiger partial charge in [0, 0.05) is 0 Å². The zero-order valence-electron chi connectivity index (χ0n) is 11.7. The molecule has 0 spiro atoms. The van der Waals surface area contributed by atoms with Crippen molar-refractivity contribution in [2.45, 2.75) is 32.1 Å². The Kier molecular flexibility index (Phi) is 4.51. The summed E-state index contributed by atoms with van der Waals surface area (Å²) in [5.41, 5.74) is 1.83. The van der Waals surface area contributed by atoms with Crippen LogP contribution in [0.5, 0.6) is 11.6 Å². The number of aromatic nitrogens is 2. The normalized spacial score (nSPS) is 11.4. The van der Waals surface area contributed by atoms with E-state index in [0.29, 0.717) is 22.3 Å². The predicted octanol–water partition coefficient (Wildman–Crippen LogP) is 4.96. The van der Waals surface area contributed by atoms with E-state index in [2.05, 4.69) is 36.8 Å². The molecule has 2 aromatic rings. The number of hydrogen-bond donors (Lipinski definition) is 0. The van der Waals surface area contributed by atoms with Crippen LogP contribution in [0.4, 0.5) is 0 Å². The summed E-state index contributed by atoms with van der Waals surface area (Å²) in [7, 11) is 0. The quantitative estimate of drug-likeness (QED) is 0.593. The zero-order chi connectivity index (χ0) is 14.8. The molecule has 1 aromatic carbocycles. The van der Waals surface area contributed by atoms with Gasteiger partial charge in [0.25, 0.3) is 0 Å². The van der Waals surface area contributed by atoms with Gasteiger partial charge in [-0.15, -0.1) is 11.6 Å². The van der Waals surface area contributed by atoms with Crippen molar-refractivity contribution in [3.63, 3.8) is 0 Å². The van der Waals surface area contributed by atoms with Gasteiger partial charge in [0.1, 0.15) is 17.2 Å². The van der Waals surface area contributed by atoms with E-state index in [0.717, 1.165) is 0 Å². The van der Waals surface area contributed by atoms with Crippen molar-refractivity contribution in [3.8, 4) is 11.6 Å². The SMILES string of the molecule is CC(C)(C)c1cccc(Oc2ncnc(Cl)c2CCl)c1. The Balaban J connectivity index is 2.34. The third kappa shape index (κ3) is 3.41. The summed E-state index contributed by atoms with van der Waals surface area (Å²) in [5, 5.41) is 0.317. The lowest BCUT2D eigenvalue weighted by Crippen LogP contribution is -2.10. The number of benzene rings is 1. The molecule has 0 atom stereocenters. The van der Waals surface area contributed by atoms with Crippen molar-refractivity contribution in [1.82, 2.24) is 9.97 Å². The molecule has 0 N–H and O–H groups in total. The van der Waals surface area contributed by atoms with Crippen molar-refractivity contribution in [3.05, 3.63) is 46.9 Å². The van der Waals surface area contributed by atoms with Crippen LogP contribution >= 0.6 is 23.2 Å². The molecular formula is C15H16Cl2N2O. The van der Waals surface area contributed by atoms with Gasteiger partial charge in [0.05, 0.1) is 11.4 Å². The minimum Gasteiger partial charge on any atom is -0.439 e. The number of halogens is 2. The van der Waals surface area contributed by atoms with Gasteiger partial charge < -0.3 is 4.74 Å². The molecule has 106 valence electrons. The molecule has 1 aromatic heterocycles. The highest BCUT2D eigenvalue weighted by molar-refractivity contribution is 6.31. The first-order chi connectivity index (χ1) is 9.41. The monoisotopic (exact) mass is 310 g/mol. The number of rotatable bonds is 3. The highest BCUT2D eigenvalue weighted by Gasteiger charge is 2.15. The van der Waals surface area contributed by atoms with Gasteiger partial charge in [-0.2, -0.15) is 0 Å². The van der Waals surface area contributed by atoms with Gasteiger partial charge in [-0.05, 0) is 23.1 Å². The van der Waals surface area contributed by atoms with Crippen LogP contribution in [0.2, 0.25) is 5.15 Å². The lowest BCUT2D eigenvalue weighted by molar-refractivity contribution is 0.453. The van der Waals surface area contributed by atoms with E-state index in [1.54, 1.807) is 0 Å². The molecule has 0 saturated heterocycles. The highest BCUT2D eigenvalue weighted by atomic mass is 35.5. The molecule has 0 saturated carbocycles. The maximum atomic E-state index is 5.98. The van der Waals surface area contributed by atoms with E-state index >= 15 is 0 Å². The number of hydrogen-bond acceptors (Lipinski definition) is 3. The highest BCUT2D eigenvalue weighted by Crippen LogP contribution is 2.31. The van der Waals surface area contributed by atoms with E-state index in [1.807, 2.05) is 18.2 Å². The van der Waals surface area contributed by atoms with Gasteiger partial charge in [-0.1, -0.05) is 44.5 Å². The fraction of sp³-hybridized carbons (Fsp3) is 0.333. The van der Waals surface area contributed by atoms with Gasteiger partial charge >= 0.3 is 0 Å². The van der Waals surface area contributed by atoms with Gasteiger partial charge in [-0.3, -0.25) is 0 Å². The lowest BCUT2D eigenvalue weighted by Gasteiger charge is -2.19. The molecular weight excluding hydrogens is 295 g/mol. The number of alkyl halides is 1. The van der Waals surface area contributed by atoms with Gasteiger partial charge in [-0.25, -0.2) is 9.97 Å². The minimum atomic E-state index is 0.0536. The molecule has 0 bridgehead atoms. The third-order valence-corrected chi connectivity index (χ3v) is 3.49. The molecule has 0 radical (unpaired) electrons.